The Morgan fingerprint density at radius 3 is 2.56 bits per heavy atom. The van der Waals surface area contributed by atoms with Crippen LogP contribution in [0.25, 0.3) is 0 Å². The summed E-state index contributed by atoms with van der Waals surface area (Å²) >= 11 is 11.6. The Bertz CT molecular complexity index is 424. The maximum absolute atomic E-state index is 14.5. The molecule has 0 aliphatic carbocycles. The summed E-state index contributed by atoms with van der Waals surface area (Å²) in [4.78, 5) is 0. The van der Waals surface area contributed by atoms with E-state index in [4.69, 9.17) is 23.2 Å². The third-order valence-corrected chi connectivity index (χ3v) is 3.74. The predicted octanol–water partition coefficient (Wildman–Crippen LogP) is 3.51. The number of alkyl halides is 1. The second kappa shape index (κ2) is 3.84. The maximum atomic E-state index is 14.5. The van der Waals surface area contributed by atoms with Crippen molar-refractivity contribution in [2.45, 2.75) is 12.1 Å². The Balaban J connectivity index is 2.34. The van der Waals surface area contributed by atoms with Crippen LogP contribution in [0.5, 0.6) is 0 Å². The largest absolute Gasteiger partial charge is 0.633 e. The number of halogens is 3. The average molecular weight is 264 g/mol. The molecule has 0 saturated carbocycles. The molecular formula is C11H12Cl2FNO. The van der Waals surface area contributed by atoms with Crippen molar-refractivity contribution >= 4 is 23.2 Å². The van der Waals surface area contributed by atoms with Gasteiger partial charge in [0.15, 0.2) is 5.67 Å². The quantitative estimate of drug-likeness (QED) is 0.562. The Morgan fingerprint density at radius 1 is 1.38 bits per heavy atom. The van der Waals surface area contributed by atoms with Gasteiger partial charge in [0.1, 0.15) is 6.54 Å². The molecule has 1 fully saturated rings. The van der Waals surface area contributed by atoms with Crippen molar-refractivity contribution in [3.63, 3.8) is 0 Å². The molecule has 16 heavy (non-hydrogen) atoms. The van der Waals surface area contributed by atoms with Crippen molar-refractivity contribution in [2.75, 3.05) is 20.1 Å². The molecule has 0 spiro atoms. The number of hydrogen-bond acceptors (Lipinski definition) is 1. The van der Waals surface area contributed by atoms with Crippen molar-refractivity contribution in [3.8, 4) is 0 Å². The fourth-order valence-corrected chi connectivity index (χ4v) is 2.41. The highest BCUT2D eigenvalue weighted by Gasteiger charge is 2.44. The molecule has 1 heterocycles. The third kappa shape index (κ3) is 2.18. The minimum Gasteiger partial charge on any atom is -0.633 e. The van der Waals surface area contributed by atoms with Crippen LogP contribution in [0.1, 0.15) is 12.0 Å². The SMILES string of the molecule is C[N+]1([O-])CCC(F)(c2ccc(Cl)c(Cl)c2)C1. The van der Waals surface area contributed by atoms with Gasteiger partial charge >= 0.3 is 0 Å². The molecule has 0 bridgehead atoms. The number of nitrogens with zero attached hydrogens (tertiary/aromatic N) is 1. The summed E-state index contributed by atoms with van der Waals surface area (Å²) in [5, 5.41) is 12.4. The molecule has 1 aromatic rings. The second-order valence-electron chi connectivity index (χ2n) is 4.52. The van der Waals surface area contributed by atoms with E-state index in [1.807, 2.05) is 0 Å². The molecule has 0 N–H and O–H groups in total. The molecule has 1 aliphatic heterocycles. The summed E-state index contributed by atoms with van der Waals surface area (Å²) in [6, 6.07) is 4.67. The van der Waals surface area contributed by atoms with E-state index in [2.05, 4.69) is 0 Å². The monoisotopic (exact) mass is 263 g/mol. The van der Waals surface area contributed by atoms with Gasteiger partial charge in [0.25, 0.3) is 0 Å². The first kappa shape index (κ1) is 12.1. The van der Waals surface area contributed by atoms with Gasteiger partial charge in [-0.25, -0.2) is 4.39 Å². The van der Waals surface area contributed by atoms with E-state index in [-0.39, 0.29) is 19.5 Å². The lowest BCUT2D eigenvalue weighted by Gasteiger charge is -2.34. The normalized spacial score (nSPS) is 34.3. The standard InChI is InChI=1S/C11H12Cl2FNO/c1-15(16)5-4-11(14,7-15)8-2-3-9(12)10(13)6-8/h2-3,6H,4-5,7H2,1H3. The van der Waals surface area contributed by atoms with Gasteiger partial charge in [-0.2, -0.15) is 0 Å². The first-order valence-electron chi connectivity index (χ1n) is 5.02. The molecule has 0 aromatic heterocycles. The molecule has 2 nitrogen and oxygen atoms in total. The number of rotatable bonds is 1. The highest BCUT2D eigenvalue weighted by atomic mass is 35.5. The number of hydrogen-bond donors (Lipinski definition) is 0. The third-order valence-electron chi connectivity index (χ3n) is 3.00. The van der Waals surface area contributed by atoms with Crippen molar-refractivity contribution in [1.82, 2.24) is 0 Å². The van der Waals surface area contributed by atoms with Crippen LogP contribution in [0.4, 0.5) is 4.39 Å². The summed E-state index contributed by atoms with van der Waals surface area (Å²) in [5.41, 5.74) is -1.13. The Hall–Kier alpha value is -0.350. The van der Waals surface area contributed by atoms with Crippen molar-refractivity contribution in [1.29, 1.82) is 0 Å². The number of benzene rings is 1. The van der Waals surface area contributed by atoms with Gasteiger partial charge in [0, 0.05) is 6.42 Å². The van der Waals surface area contributed by atoms with Gasteiger partial charge < -0.3 is 9.85 Å². The molecule has 1 aliphatic rings. The van der Waals surface area contributed by atoms with Gasteiger partial charge in [-0.3, -0.25) is 0 Å². The van der Waals surface area contributed by atoms with Crippen LogP contribution in [0.15, 0.2) is 18.2 Å². The van der Waals surface area contributed by atoms with Crippen molar-refractivity contribution in [2.24, 2.45) is 0 Å². The highest BCUT2D eigenvalue weighted by molar-refractivity contribution is 6.42. The Morgan fingerprint density at radius 2 is 2.06 bits per heavy atom. The number of likely N-dealkylation sites (tertiary alicyclic amines) is 1. The van der Waals surface area contributed by atoms with Crippen LogP contribution >= 0.6 is 23.2 Å². The fraction of sp³-hybridized carbons (Fsp3) is 0.455. The van der Waals surface area contributed by atoms with E-state index in [0.717, 1.165) is 0 Å². The van der Waals surface area contributed by atoms with Gasteiger partial charge in [-0.15, -0.1) is 0 Å². The summed E-state index contributed by atoms with van der Waals surface area (Å²) in [6.07, 6.45) is 0.227. The predicted molar refractivity (Wildman–Crippen MR) is 63.2 cm³/mol. The van der Waals surface area contributed by atoms with Crippen molar-refractivity contribution in [3.05, 3.63) is 39.0 Å². The number of hydroxylamine groups is 3. The molecule has 2 unspecified atom stereocenters. The molecular weight excluding hydrogens is 252 g/mol. The highest BCUT2D eigenvalue weighted by Crippen LogP contribution is 2.40. The molecule has 1 aromatic carbocycles. The van der Waals surface area contributed by atoms with Crippen LogP contribution in [0.3, 0.4) is 0 Å². The van der Waals surface area contributed by atoms with Crippen LogP contribution in [-0.2, 0) is 5.67 Å². The van der Waals surface area contributed by atoms with Crippen LogP contribution in [0, 0.1) is 5.21 Å². The lowest BCUT2D eigenvalue weighted by Crippen LogP contribution is -2.37. The summed E-state index contributed by atoms with van der Waals surface area (Å²) in [6.45, 7) is 0.224. The molecule has 1 saturated heterocycles. The zero-order chi connectivity index (χ0) is 12.0. The molecule has 2 atom stereocenters. The fourth-order valence-electron chi connectivity index (χ4n) is 2.11. The van der Waals surface area contributed by atoms with Crippen LogP contribution in [0.2, 0.25) is 10.0 Å². The average Bonchev–Trinajstić information content (AvgIpc) is 2.47. The minimum atomic E-state index is -1.58. The molecule has 0 amide bonds. The first-order chi connectivity index (χ1) is 7.32. The molecule has 0 radical (unpaired) electrons. The van der Waals surface area contributed by atoms with E-state index in [1.54, 1.807) is 12.1 Å². The van der Waals surface area contributed by atoms with Gasteiger partial charge in [0.2, 0.25) is 0 Å². The zero-order valence-corrected chi connectivity index (χ0v) is 10.4. The summed E-state index contributed by atoms with van der Waals surface area (Å²) < 4.78 is 14.0. The summed E-state index contributed by atoms with van der Waals surface area (Å²) in [7, 11) is 1.48. The minimum absolute atomic E-state index is 0.0645. The van der Waals surface area contributed by atoms with E-state index in [1.165, 1.54) is 13.1 Å². The van der Waals surface area contributed by atoms with Gasteiger partial charge in [-0.05, 0) is 17.7 Å². The molecule has 5 heteroatoms. The Labute approximate surface area is 104 Å². The van der Waals surface area contributed by atoms with Gasteiger partial charge in [-0.1, -0.05) is 29.3 Å². The maximum Gasteiger partial charge on any atom is 0.190 e. The van der Waals surface area contributed by atoms with E-state index >= 15 is 0 Å². The van der Waals surface area contributed by atoms with Crippen LogP contribution < -0.4 is 0 Å². The van der Waals surface area contributed by atoms with Crippen molar-refractivity contribution < 1.29 is 9.04 Å². The first-order valence-corrected chi connectivity index (χ1v) is 5.78. The lowest BCUT2D eigenvalue weighted by molar-refractivity contribution is -0.850. The lowest BCUT2D eigenvalue weighted by atomic mass is 9.95. The van der Waals surface area contributed by atoms with Crippen LogP contribution in [-0.4, -0.2) is 24.8 Å². The second-order valence-corrected chi connectivity index (χ2v) is 5.34. The number of likely N-dealkylation sites (N-methyl/N-ethyl adjacent to an activating group) is 1. The van der Waals surface area contributed by atoms with E-state index in [0.29, 0.717) is 15.6 Å². The van der Waals surface area contributed by atoms with E-state index in [9.17, 15) is 9.60 Å². The number of quaternary nitrogens is 1. The summed E-state index contributed by atoms with van der Waals surface area (Å²) in [5.74, 6) is 0. The zero-order valence-electron chi connectivity index (χ0n) is 8.84. The Kier molecular flexibility index (Phi) is 2.91. The topological polar surface area (TPSA) is 23.1 Å². The van der Waals surface area contributed by atoms with E-state index < -0.39 is 10.3 Å². The molecule has 2 rings (SSSR count). The smallest absolute Gasteiger partial charge is 0.190 e. The van der Waals surface area contributed by atoms with Gasteiger partial charge in [0.05, 0.1) is 23.6 Å². The molecule has 88 valence electrons.